The number of rotatable bonds is 4. The molecule has 0 atom stereocenters. The van der Waals surface area contributed by atoms with Gasteiger partial charge < -0.3 is 15.7 Å². The Morgan fingerprint density at radius 1 is 1.29 bits per heavy atom. The molecule has 1 aliphatic carbocycles. The molecule has 0 aliphatic heterocycles. The second-order valence-corrected chi connectivity index (χ2v) is 4.81. The first kappa shape index (κ1) is 13.8. The van der Waals surface area contributed by atoms with E-state index in [1.807, 2.05) is 0 Å². The number of carboxylic acid groups (broad SMARTS) is 1. The van der Waals surface area contributed by atoms with Crippen LogP contribution >= 0.6 is 11.6 Å². The third kappa shape index (κ3) is 3.93. The first-order valence-corrected chi connectivity index (χ1v) is 5.97. The minimum atomic E-state index is -1.13. The molecule has 96 valence electrons. The van der Waals surface area contributed by atoms with Crippen LogP contribution in [0.4, 0.5) is 4.79 Å². The van der Waals surface area contributed by atoms with Gasteiger partial charge in [-0.25, -0.2) is 9.59 Å². The van der Waals surface area contributed by atoms with Gasteiger partial charge in [-0.1, -0.05) is 37.4 Å². The van der Waals surface area contributed by atoms with Crippen LogP contribution in [0.3, 0.4) is 0 Å². The summed E-state index contributed by atoms with van der Waals surface area (Å²) in [5.41, 5.74) is -1.13. The van der Waals surface area contributed by atoms with Crippen LogP contribution in [0.25, 0.3) is 0 Å². The molecular formula is C11H17ClN2O3. The number of urea groups is 1. The highest BCUT2D eigenvalue weighted by Crippen LogP contribution is 2.28. The zero-order valence-electron chi connectivity index (χ0n) is 9.59. The zero-order chi connectivity index (χ0) is 12.9. The second-order valence-electron chi connectivity index (χ2n) is 4.27. The Bertz CT molecular complexity index is 325. The summed E-state index contributed by atoms with van der Waals surface area (Å²) in [7, 11) is 0. The quantitative estimate of drug-likeness (QED) is 0.722. The van der Waals surface area contributed by atoms with E-state index in [0.717, 1.165) is 19.3 Å². The van der Waals surface area contributed by atoms with Gasteiger partial charge >= 0.3 is 12.0 Å². The summed E-state index contributed by atoms with van der Waals surface area (Å²) < 4.78 is 0. The Kier molecular flexibility index (Phi) is 4.81. The van der Waals surface area contributed by atoms with E-state index in [1.165, 1.54) is 0 Å². The Morgan fingerprint density at radius 2 is 1.88 bits per heavy atom. The van der Waals surface area contributed by atoms with E-state index in [-0.39, 0.29) is 6.54 Å². The number of nitrogens with one attached hydrogen (secondary N) is 2. The fourth-order valence-electron chi connectivity index (χ4n) is 1.99. The van der Waals surface area contributed by atoms with Crippen molar-refractivity contribution in [2.24, 2.45) is 0 Å². The number of aliphatic carboxylic acids is 1. The lowest BCUT2D eigenvalue weighted by Crippen LogP contribution is -2.58. The van der Waals surface area contributed by atoms with E-state index in [1.54, 1.807) is 0 Å². The van der Waals surface area contributed by atoms with Crippen molar-refractivity contribution in [1.29, 1.82) is 0 Å². The van der Waals surface area contributed by atoms with Crippen molar-refractivity contribution in [1.82, 2.24) is 10.6 Å². The highest BCUT2D eigenvalue weighted by atomic mass is 35.5. The van der Waals surface area contributed by atoms with Gasteiger partial charge in [-0.3, -0.25) is 0 Å². The average molecular weight is 261 g/mol. The predicted octanol–water partition coefficient (Wildman–Crippen LogP) is 1.83. The van der Waals surface area contributed by atoms with Crippen LogP contribution in [-0.4, -0.2) is 29.2 Å². The fraction of sp³-hybridized carbons (Fsp3) is 0.636. The molecule has 1 fully saturated rings. The SMILES string of the molecule is C=C(Cl)CNC(=O)NC1(C(=O)O)CCCCC1. The number of hydrogen-bond acceptors (Lipinski definition) is 2. The topological polar surface area (TPSA) is 78.4 Å². The smallest absolute Gasteiger partial charge is 0.329 e. The van der Waals surface area contributed by atoms with Gasteiger partial charge in [0, 0.05) is 5.03 Å². The number of hydrogen-bond donors (Lipinski definition) is 3. The Morgan fingerprint density at radius 3 is 2.35 bits per heavy atom. The van der Waals surface area contributed by atoms with Gasteiger partial charge in [0.15, 0.2) is 0 Å². The highest BCUT2D eigenvalue weighted by molar-refractivity contribution is 6.29. The molecule has 0 aromatic carbocycles. The lowest BCUT2D eigenvalue weighted by atomic mass is 9.82. The predicted molar refractivity (Wildman–Crippen MR) is 65.0 cm³/mol. The van der Waals surface area contributed by atoms with Gasteiger partial charge in [0.1, 0.15) is 5.54 Å². The van der Waals surface area contributed by atoms with Crippen molar-refractivity contribution in [3.63, 3.8) is 0 Å². The maximum Gasteiger partial charge on any atom is 0.329 e. The number of carbonyl (C=O) groups excluding carboxylic acids is 1. The van der Waals surface area contributed by atoms with Crippen molar-refractivity contribution in [2.45, 2.75) is 37.6 Å². The standard InChI is InChI=1S/C11H17ClN2O3/c1-8(12)7-13-10(17)14-11(9(15)16)5-3-2-4-6-11/h1-7H2,(H,15,16)(H2,13,14,17). The van der Waals surface area contributed by atoms with Crippen LogP contribution in [0.1, 0.15) is 32.1 Å². The van der Waals surface area contributed by atoms with Gasteiger partial charge in [-0.05, 0) is 12.8 Å². The number of halogens is 1. The molecule has 1 saturated carbocycles. The van der Waals surface area contributed by atoms with Crippen molar-refractivity contribution < 1.29 is 14.7 Å². The van der Waals surface area contributed by atoms with Crippen molar-refractivity contribution in [3.05, 3.63) is 11.6 Å². The Labute approximate surface area is 105 Å². The normalized spacial score (nSPS) is 18.2. The number of carboxylic acids is 1. The molecule has 0 heterocycles. The van der Waals surface area contributed by atoms with E-state index in [9.17, 15) is 14.7 Å². The molecule has 6 heteroatoms. The monoisotopic (exact) mass is 260 g/mol. The molecular weight excluding hydrogens is 244 g/mol. The lowest BCUT2D eigenvalue weighted by molar-refractivity contribution is -0.145. The van der Waals surface area contributed by atoms with E-state index in [2.05, 4.69) is 17.2 Å². The van der Waals surface area contributed by atoms with Crippen LogP contribution in [0.5, 0.6) is 0 Å². The van der Waals surface area contributed by atoms with Crippen LogP contribution in [0.2, 0.25) is 0 Å². The average Bonchev–Trinajstić information content (AvgIpc) is 2.27. The van der Waals surface area contributed by atoms with Crippen molar-refractivity contribution in [3.8, 4) is 0 Å². The van der Waals surface area contributed by atoms with Crippen molar-refractivity contribution in [2.75, 3.05) is 6.54 Å². The van der Waals surface area contributed by atoms with Gasteiger partial charge in [-0.15, -0.1) is 0 Å². The molecule has 0 aromatic heterocycles. The van der Waals surface area contributed by atoms with Crippen LogP contribution in [-0.2, 0) is 4.79 Å². The van der Waals surface area contributed by atoms with E-state index < -0.39 is 17.5 Å². The summed E-state index contributed by atoms with van der Waals surface area (Å²) in [5.74, 6) is -0.975. The molecule has 17 heavy (non-hydrogen) atoms. The molecule has 3 N–H and O–H groups in total. The molecule has 5 nitrogen and oxygen atoms in total. The van der Waals surface area contributed by atoms with Gasteiger partial charge in [0.05, 0.1) is 6.54 Å². The molecule has 0 saturated heterocycles. The van der Waals surface area contributed by atoms with Crippen LogP contribution in [0.15, 0.2) is 11.6 Å². The molecule has 0 aromatic rings. The fourth-order valence-corrected chi connectivity index (χ4v) is 2.05. The van der Waals surface area contributed by atoms with Crippen molar-refractivity contribution >= 4 is 23.6 Å². The molecule has 0 radical (unpaired) electrons. The molecule has 0 unspecified atom stereocenters. The molecule has 1 aliphatic rings. The first-order chi connectivity index (χ1) is 7.96. The molecule has 0 spiro atoms. The lowest BCUT2D eigenvalue weighted by Gasteiger charge is -2.33. The van der Waals surface area contributed by atoms with Gasteiger partial charge in [0.25, 0.3) is 0 Å². The summed E-state index contributed by atoms with van der Waals surface area (Å²) in [4.78, 5) is 22.8. The van der Waals surface area contributed by atoms with Gasteiger partial charge in [-0.2, -0.15) is 0 Å². The Balaban J connectivity index is 2.57. The number of carbonyl (C=O) groups is 2. The first-order valence-electron chi connectivity index (χ1n) is 5.59. The second kappa shape index (κ2) is 5.91. The highest BCUT2D eigenvalue weighted by Gasteiger charge is 2.40. The number of amides is 2. The molecule has 1 rings (SSSR count). The third-order valence-electron chi connectivity index (χ3n) is 2.91. The summed E-state index contributed by atoms with van der Waals surface area (Å²) in [6.45, 7) is 3.56. The van der Waals surface area contributed by atoms with Crippen LogP contribution in [0, 0.1) is 0 Å². The Hall–Kier alpha value is -1.23. The largest absolute Gasteiger partial charge is 0.480 e. The maximum atomic E-state index is 11.5. The summed E-state index contributed by atoms with van der Waals surface area (Å²) in [6.07, 6.45) is 3.58. The maximum absolute atomic E-state index is 11.5. The summed E-state index contributed by atoms with van der Waals surface area (Å²) >= 11 is 5.51. The minimum Gasteiger partial charge on any atom is -0.480 e. The van der Waals surface area contributed by atoms with E-state index >= 15 is 0 Å². The minimum absolute atomic E-state index is 0.128. The van der Waals surface area contributed by atoms with E-state index in [4.69, 9.17) is 11.6 Å². The van der Waals surface area contributed by atoms with Gasteiger partial charge in [0.2, 0.25) is 0 Å². The molecule has 0 bridgehead atoms. The van der Waals surface area contributed by atoms with E-state index in [0.29, 0.717) is 17.9 Å². The summed E-state index contributed by atoms with van der Waals surface area (Å²) in [6, 6.07) is -0.517. The molecule has 2 amide bonds. The summed E-state index contributed by atoms with van der Waals surface area (Å²) in [5, 5.41) is 14.5. The third-order valence-corrected chi connectivity index (χ3v) is 3.04. The van der Waals surface area contributed by atoms with Crippen LogP contribution < -0.4 is 10.6 Å². The zero-order valence-corrected chi connectivity index (χ0v) is 10.3.